The van der Waals surface area contributed by atoms with Crippen molar-refractivity contribution in [1.29, 1.82) is 0 Å². The molecule has 164 valence electrons. The molecule has 0 radical (unpaired) electrons. The lowest BCUT2D eigenvalue weighted by atomic mass is 10.0. The Morgan fingerprint density at radius 1 is 0.966 bits per heavy atom. The molecule has 0 aromatic heterocycles. The SMILES string of the molecule is CCCCC(CC)CP(=O)(CC(CC)CCCC)C1=N[C@@H](c2ccccc2)CO1. The van der Waals surface area contributed by atoms with Crippen LogP contribution in [0.25, 0.3) is 0 Å². The smallest absolute Gasteiger partial charge is 0.245 e. The second-order valence-electron chi connectivity index (χ2n) is 8.74. The zero-order valence-corrected chi connectivity index (χ0v) is 20.0. The molecular weight excluding hydrogens is 377 g/mol. The molecule has 4 heteroatoms. The van der Waals surface area contributed by atoms with Crippen molar-refractivity contribution in [2.45, 2.75) is 85.1 Å². The van der Waals surface area contributed by atoms with Crippen LogP contribution in [0.3, 0.4) is 0 Å². The zero-order valence-electron chi connectivity index (χ0n) is 19.1. The molecule has 3 atom stereocenters. The van der Waals surface area contributed by atoms with Gasteiger partial charge < -0.3 is 9.30 Å². The molecule has 0 bridgehead atoms. The third-order valence-electron chi connectivity index (χ3n) is 6.36. The monoisotopic (exact) mass is 419 g/mol. The Labute approximate surface area is 179 Å². The third-order valence-corrected chi connectivity index (χ3v) is 9.52. The Kier molecular flexibility index (Phi) is 10.5. The van der Waals surface area contributed by atoms with Crippen LogP contribution in [-0.2, 0) is 9.30 Å². The van der Waals surface area contributed by atoms with Gasteiger partial charge in [0, 0.05) is 12.3 Å². The molecule has 0 spiro atoms. The fourth-order valence-electron chi connectivity index (χ4n) is 4.33. The highest BCUT2D eigenvalue weighted by molar-refractivity contribution is 7.80. The van der Waals surface area contributed by atoms with E-state index < -0.39 is 7.14 Å². The number of ether oxygens (including phenoxy) is 1. The van der Waals surface area contributed by atoms with Crippen LogP contribution in [0.4, 0.5) is 0 Å². The van der Waals surface area contributed by atoms with Crippen molar-refractivity contribution in [2.75, 3.05) is 18.9 Å². The summed E-state index contributed by atoms with van der Waals surface area (Å²) in [6, 6.07) is 10.3. The maximum atomic E-state index is 14.4. The lowest BCUT2D eigenvalue weighted by molar-refractivity contribution is 0.323. The van der Waals surface area contributed by atoms with Crippen LogP contribution in [0.5, 0.6) is 0 Å². The van der Waals surface area contributed by atoms with E-state index >= 15 is 0 Å². The fourth-order valence-corrected chi connectivity index (χ4v) is 8.00. The van der Waals surface area contributed by atoms with Gasteiger partial charge in [0.05, 0.1) is 0 Å². The minimum Gasteiger partial charge on any atom is -0.473 e. The lowest BCUT2D eigenvalue weighted by Gasteiger charge is -2.26. The average Bonchev–Trinajstić information content (AvgIpc) is 3.26. The summed E-state index contributed by atoms with van der Waals surface area (Å²) in [4.78, 5) is 4.90. The van der Waals surface area contributed by atoms with E-state index in [4.69, 9.17) is 9.73 Å². The molecule has 0 amide bonds. The van der Waals surface area contributed by atoms with Gasteiger partial charge in [0.1, 0.15) is 12.6 Å². The first-order valence-corrected chi connectivity index (χ1v) is 14.0. The van der Waals surface area contributed by atoms with E-state index in [1.807, 2.05) is 18.2 Å². The lowest BCUT2D eigenvalue weighted by Crippen LogP contribution is -2.18. The Balaban J connectivity index is 2.24. The number of nitrogens with zero attached hydrogens (tertiary/aromatic N) is 1. The van der Waals surface area contributed by atoms with Crippen molar-refractivity contribution in [3.63, 3.8) is 0 Å². The molecule has 2 unspecified atom stereocenters. The van der Waals surface area contributed by atoms with Gasteiger partial charge in [-0.15, -0.1) is 0 Å². The van der Waals surface area contributed by atoms with Crippen LogP contribution in [0.15, 0.2) is 35.3 Å². The molecular formula is C25H42NO2P. The van der Waals surface area contributed by atoms with E-state index in [-0.39, 0.29) is 6.04 Å². The first-order chi connectivity index (χ1) is 14.1. The molecule has 0 fully saturated rings. The minimum atomic E-state index is -2.62. The quantitative estimate of drug-likeness (QED) is 0.287. The second kappa shape index (κ2) is 12.6. The summed E-state index contributed by atoms with van der Waals surface area (Å²) >= 11 is 0. The Morgan fingerprint density at radius 3 is 2.00 bits per heavy atom. The second-order valence-corrected chi connectivity index (χ2v) is 11.6. The van der Waals surface area contributed by atoms with Crippen molar-refractivity contribution >= 4 is 12.8 Å². The van der Waals surface area contributed by atoms with Gasteiger partial charge in [0.25, 0.3) is 0 Å². The highest BCUT2D eigenvalue weighted by atomic mass is 31.2. The largest absolute Gasteiger partial charge is 0.473 e. The summed E-state index contributed by atoms with van der Waals surface area (Å²) < 4.78 is 20.5. The van der Waals surface area contributed by atoms with Crippen LogP contribution in [0, 0.1) is 11.8 Å². The van der Waals surface area contributed by atoms with Gasteiger partial charge in [0.15, 0.2) is 7.14 Å². The summed E-state index contributed by atoms with van der Waals surface area (Å²) in [5.74, 6) is 1.01. The normalized spacial score (nSPS) is 20.6. The molecule has 1 aromatic rings. The van der Waals surface area contributed by atoms with Crippen LogP contribution in [-0.4, -0.2) is 24.6 Å². The molecule has 29 heavy (non-hydrogen) atoms. The molecule has 1 heterocycles. The predicted octanol–water partition coefficient (Wildman–Crippen LogP) is 7.91. The minimum absolute atomic E-state index is 0.00837. The molecule has 0 aliphatic carbocycles. The molecule has 0 N–H and O–H groups in total. The van der Waals surface area contributed by atoms with E-state index in [1.54, 1.807) is 0 Å². The zero-order chi connectivity index (χ0) is 21.1. The van der Waals surface area contributed by atoms with Crippen LogP contribution < -0.4 is 0 Å². The molecule has 0 saturated heterocycles. The molecule has 3 nitrogen and oxygen atoms in total. The summed E-state index contributed by atoms with van der Waals surface area (Å²) in [6.45, 7) is 9.48. The standard InChI is InChI=1S/C25H42NO2P/c1-5-9-14-21(7-3)19-29(27,20-22(8-4)15-10-6-2)25-26-24(18-28-25)23-16-12-11-13-17-23/h11-13,16-17,21-22,24H,5-10,14-15,18-20H2,1-4H3/t21?,22?,24-,29?/m1/s1. The number of hydrogen-bond acceptors (Lipinski definition) is 3. The Bertz CT molecular complexity index is 636. The van der Waals surface area contributed by atoms with E-state index in [1.165, 1.54) is 25.7 Å². The topological polar surface area (TPSA) is 38.7 Å². The first kappa shape index (κ1) is 24.2. The van der Waals surface area contributed by atoms with Crippen molar-refractivity contribution < 1.29 is 9.30 Å². The van der Waals surface area contributed by atoms with Crippen molar-refractivity contribution in [2.24, 2.45) is 16.8 Å². The van der Waals surface area contributed by atoms with Crippen LogP contribution >= 0.6 is 7.14 Å². The number of rotatable bonds is 14. The molecule has 1 aromatic carbocycles. The van der Waals surface area contributed by atoms with Gasteiger partial charge >= 0.3 is 0 Å². The fraction of sp³-hybridized carbons (Fsp3) is 0.720. The number of unbranched alkanes of at least 4 members (excludes halogenated alkanes) is 2. The Hall–Kier alpha value is -1.08. The summed E-state index contributed by atoms with van der Waals surface area (Å²) in [7, 11) is -2.62. The van der Waals surface area contributed by atoms with Crippen molar-refractivity contribution in [3.8, 4) is 0 Å². The summed E-state index contributed by atoms with van der Waals surface area (Å²) in [5, 5.41) is 0. The number of aliphatic imine (C=N–C) groups is 1. The van der Waals surface area contributed by atoms with Gasteiger partial charge in [-0.05, 0) is 17.4 Å². The van der Waals surface area contributed by atoms with Gasteiger partial charge in [-0.25, -0.2) is 4.99 Å². The van der Waals surface area contributed by atoms with Crippen molar-refractivity contribution in [1.82, 2.24) is 0 Å². The van der Waals surface area contributed by atoms with Crippen molar-refractivity contribution in [3.05, 3.63) is 35.9 Å². The molecule has 2 rings (SSSR count). The van der Waals surface area contributed by atoms with E-state index in [0.717, 1.165) is 43.6 Å². The highest BCUT2D eigenvalue weighted by Crippen LogP contribution is 2.55. The number of hydrogen-bond donors (Lipinski definition) is 0. The van der Waals surface area contributed by atoms with E-state index in [9.17, 15) is 4.57 Å². The third kappa shape index (κ3) is 7.28. The van der Waals surface area contributed by atoms with Crippen LogP contribution in [0.2, 0.25) is 0 Å². The van der Waals surface area contributed by atoms with Gasteiger partial charge in [-0.1, -0.05) is 109 Å². The maximum Gasteiger partial charge on any atom is 0.245 e. The van der Waals surface area contributed by atoms with E-state index in [0.29, 0.717) is 24.1 Å². The maximum absolute atomic E-state index is 14.4. The van der Waals surface area contributed by atoms with Gasteiger partial charge in [-0.2, -0.15) is 0 Å². The summed E-state index contributed by atoms with van der Waals surface area (Å²) in [5.41, 5.74) is 1.75. The highest BCUT2D eigenvalue weighted by Gasteiger charge is 2.39. The molecule has 0 saturated carbocycles. The Morgan fingerprint density at radius 2 is 1.52 bits per heavy atom. The molecule has 1 aliphatic heterocycles. The van der Waals surface area contributed by atoms with E-state index in [2.05, 4.69) is 39.8 Å². The van der Waals surface area contributed by atoms with Crippen LogP contribution in [0.1, 0.15) is 90.7 Å². The summed E-state index contributed by atoms with van der Waals surface area (Å²) in [6.07, 6.45) is 10.9. The van der Waals surface area contributed by atoms with Gasteiger partial charge in [0.2, 0.25) is 5.64 Å². The molecule has 1 aliphatic rings. The first-order valence-electron chi connectivity index (χ1n) is 11.9. The number of benzene rings is 1. The van der Waals surface area contributed by atoms with Gasteiger partial charge in [-0.3, -0.25) is 0 Å². The average molecular weight is 420 g/mol. The predicted molar refractivity (Wildman–Crippen MR) is 127 cm³/mol.